The molecule has 0 atom stereocenters. The summed E-state index contributed by atoms with van der Waals surface area (Å²) in [6.45, 7) is 0. The number of fused-ring (bicyclic) bond motifs is 1. The normalized spacial score (nSPS) is 10.5. The molecule has 0 aromatic carbocycles. The lowest BCUT2D eigenvalue weighted by Gasteiger charge is -1.88. The molecule has 0 aliphatic heterocycles. The molecule has 2 N–H and O–H groups in total. The van der Waals surface area contributed by atoms with E-state index in [1.54, 1.807) is 5.38 Å². The highest BCUT2D eigenvalue weighted by Gasteiger charge is 2.14. The summed E-state index contributed by atoms with van der Waals surface area (Å²) < 4.78 is 0. The van der Waals surface area contributed by atoms with Crippen LogP contribution in [0.15, 0.2) is 16.5 Å². The molecule has 0 unspecified atom stereocenters. The summed E-state index contributed by atoms with van der Waals surface area (Å²) >= 11 is 1.00. The molecule has 0 saturated heterocycles. The first-order valence-electron chi connectivity index (χ1n) is 3.38. The van der Waals surface area contributed by atoms with E-state index < -0.39 is 11.5 Å². The summed E-state index contributed by atoms with van der Waals surface area (Å²) in [5.74, 6) is -1.10. The molecule has 2 aromatic rings. The maximum absolute atomic E-state index is 11.2. The first-order valence-corrected chi connectivity index (χ1v) is 4.26. The van der Waals surface area contributed by atoms with Crippen molar-refractivity contribution in [1.82, 2.24) is 9.97 Å². The Kier molecular flexibility index (Phi) is 1.63. The predicted molar refractivity (Wildman–Crippen MR) is 47.2 cm³/mol. The quantitative estimate of drug-likeness (QED) is 0.702. The van der Waals surface area contributed by atoms with Crippen molar-refractivity contribution in [3.8, 4) is 0 Å². The number of rotatable bonds is 1. The van der Waals surface area contributed by atoms with Crippen molar-refractivity contribution in [2.75, 3.05) is 0 Å². The minimum Gasteiger partial charge on any atom is -0.477 e. The van der Waals surface area contributed by atoms with E-state index in [1.165, 1.54) is 6.33 Å². The van der Waals surface area contributed by atoms with E-state index in [9.17, 15) is 9.59 Å². The largest absolute Gasteiger partial charge is 0.477 e. The fraction of sp³-hybridized carbons (Fsp3) is 0. The Morgan fingerprint density at radius 1 is 1.62 bits per heavy atom. The van der Waals surface area contributed by atoms with Gasteiger partial charge in [-0.15, -0.1) is 11.3 Å². The van der Waals surface area contributed by atoms with E-state index in [-0.39, 0.29) is 10.3 Å². The number of carbonyl (C=O) groups is 1. The summed E-state index contributed by atoms with van der Waals surface area (Å²) in [5, 5.41) is 10.4. The number of nitrogens with zero attached hydrogens (tertiary/aromatic N) is 1. The van der Waals surface area contributed by atoms with Gasteiger partial charge < -0.3 is 10.1 Å². The molecule has 0 aliphatic carbocycles. The topological polar surface area (TPSA) is 83.0 Å². The van der Waals surface area contributed by atoms with E-state index in [0.29, 0.717) is 5.52 Å². The maximum atomic E-state index is 11.2. The molecule has 2 aromatic heterocycles. The fourth-order valence-corrected chi connectivity index (χ4v) is 1.88. The van der Waals surface area contributed by atoms with Gasteiger partial charge in [-0.05, 0) is 0 Å². The van der Waals surface area contributed by atoms with Gasteiger partial charge in [0.15, 0.2) is 0 Å². The summed E-state index contributed by atoms with van der Waals surface area (Å²) in [7, 11) is 0. The van der Waals surface area contributed by atoms with Crippen LogP contribution in [-0.4, -0.2) is 21.0 Å². The average molecular weight is 196 g/mol. The third kappa shape index (κ3) is 1.11. The Hall–Kier alpha value is -1.69. The predicted octanol–water partition coefficient (Wildman–Crippen LogP) is 0.683. The number of aromatic amines is 1. The lowest BCUT2D eigenvalue weighted by atomic mass is 10.3. The number of H-pyrrole nitrogens is 1. The third-order valence-electron chi connectivity index (χ3n) is 1.59. The molecule has 6 heteroatoms. The lowest BCUT2D eigenvalue weighted by Crippen LogP contribution is -2.08. The van der Waals surface area contributed by atoms with Crippen molar-refractivity contribution in [3.63, 3.8) is 0 Å². The summed E-state index contributed by atoms with van der Waals surface area (Å²) in [6.07, 6.45) is 1.25. The highest BCUT2D eigenvalue weighted by molar-refractivity contribution is 7.13. The first kappa shape index (κ1) is 7.93. The van der Waals surface area contributed by atoms with Crippen LogP contribution in [0.1, 0.15) is 9.67 Å². The van der Waals surface area contributed by atoms with Crippen molar-refractivity contribution >= 4 is 28.2 Å². The van der Waals surface area contributed by atoms with Crippen molar-refractivity contribution in [2.24, 2.45) is 0 Å². The molecule has 0 aliphatic rings. The second kappa shape index (κ2) is 2.67. The van der Waals surface area contributed by atoms with E-state index >= 15 is 0 Å². The minimum absolute atomic E-state index is 0.0318. The zero-order valence-corrected chi connectivity index (χ0v) is 7.09. The van der Waals surface area contributed by atoms with Crippen LogP contribution in [0.5, 0.6) is 0 Å². The number of nitrogens with one attached hydrogen (secondary N) is 1. The van der Waals surface area contributed by atoms with E-state index in [2.05, 4.69) is 9.97 Å². The molecule has 0 amide bonds. The van der Waals surface area contributed by atoms with Gasteiger partial charge in [-0.25, -0.2) is 9.78 Å². The number of hydrogen-bond donors (Lipinski definition) is 2. The SMILES string of the molecule is O=C(O)c1scc2nc[nH]c(=O)c12. The Morgan fingerprint density at radius 3 is 3.08 bits per heavy atom. The molecule has 0 bridgehead atoms. The molecular weight excluding hydrogens is 192 g/mol. The van der Waals surface area contributed by atoms with Crippen molar-refractivity contribution < 1.29 is 9.90 Å². The van der Waals surface area contributed by atoms with Crippen LogP contribution in [0, 0.1) is 0 Å². The maximum Gasteiger partial charge on any atom is 0.346 e. The number of carboxylic acids is 1. The monoisotopic (exact) mass is 196 g/mol. The zero-order valence-electron chi connectivity index (χ0n) is 6.27. The molecule has 0 saturated carbocycles. The number of carboxylic acid groups (broad SMARTS) is 1. The summed E-state index contributed by atoms with van der Waals surface area (Å²) in [6, 6.07) is 0. The van der Waals surface area contributed by atoms with Gasteiger partial charge in [0.25, 0.3) is 5.56 Å². The van der Waals surface area contributed by atoms with Gasteiger partial charge in [0.05, 0.1) is 17.2 Å². The van der Waals surface area contributed by atoms with Gasteiger partial charge in [-0.3, -0.25) is 4.79 Å². The van der Waals surface area contributed by atoms with Gasteiger partial charge in [0.2, 0.25) is 0 Å². The van der Waals surface area contributed by atoms with Crippen LogP contribution in [0.2, 0.25) is 0 Å². The minimum atomic E-state index is -1.10. The van der Waals surface area contributed by atoms with Crippen LogP contribution in [0.4, 0.5) is 0 Å². The van der Waals surface area contributed by atoms with Crippen LogP contribution in [-0.2, 0) is 0 Å². The summed E-state index contributed by atoms with van der Waals surface area (Å²) in [5.41, 5.74) is 0.00907. The summed E-state index contributed by atoms with van der Waals surface area (Å²) in [4.78, 5) is 28.1. The van der Waals surface area contributed by atoms with E-state index in [0.717, 1.165) is 11.3 Å². The van der Waals surface area contributed by atoms with Gasteiger partial charge in [0, 0.05) is 5.38 Å². The Bertz CT molecular complexity index is 528. The number of aromatic carboxylic acids is 1. The molecular formula is C7H4N2O3S. The van der Waals surface area contributed by atoms with Crippen LogP contribution < -0.4 is 5.56 Å². The van der Waals surface area contributed by atoms with Crippen molar-refractivity contribution in [3.05, 3.63) is 26.9 Å². The Morgan fingerprint density at radius 2 is 2.38 bits per heavy atom. The number of hydrogen-bond acceptors (Lipinski definition) is 4. The van der Waals surface area contributed by atoms with Crippen LogP contribution in [0.3, 0.4) is 0 Å². The van der Waals surface area contributed by atoms with Crippen LogP contribution in [0.25, 0.3) is 10.9 Å². The number of aromatic nitrogens is 2. The molecule has 2 heterocycles. The second-order valence-electron chi connectivity index (χ2n) is 2.36. The first-order chi connectivity index (χ1) is 6.20. The third-order valence-corrected chi connectivity index (χ3v) is 2.55. The Labute approximate surface area is 75.7 Å². The van der Waals surface area contributed by atoms with Gasteiger partial charge in [0.1, 0.15) is 4.88 Å². The standard InChI is InChI=1S/C7H4N2O3S/c10-6-4-3(8-2-9-6)1-13-5(4)7(11)12/h1-2H,(H,11,12)(H,8,9,10). The average Bonchev–Trinajstić information content (AvgIpc) is 2.49. The molecule has 0 spiro atoms. The zero-order chi connectivity index (χ0) is 9.42. The van der Waals surface area contributed by atoms with Gasteiger partial charge >= 0.3 is 5.97 Å². The molecule has 2 rings (SSSR count). The number of thiophene rings is 1. The lowest BCUT2D eigenvalue weighted by molar-refractivity contribution is 0.0704. The fourth-order valence-electron chi connectivity index (χ4n) is 1.05. The van der Waals surface area contributed by atoms with E-state index in [4.69, 9.17) is 5.11 Å². The molecule has 0 radical (unpaired) electrons. The molecule has 66 valence electrons. The van der Waals surface area contributed by atoms with Gasteiger partial charge in [-0.2, -0.15) is 0 Å². The van der Waals surface area contributed by atoms with Crippen molar-refractivity contribution in [1.29, 1.82) is 0 Å². The van der Waals surface area contributed by atoms with E-state index in [1.807, 2.05) is 0 Å². The second-order valence-corrected chi connectivity index (χ2v) is 3.24. The molecule has 0 fully saturated rings. The van der Waals surface area contributed by atoms with Gasteiger partial charge in [-0.1, -0.05) is 0 Å². The van der Waals surface area contributed by atoms with Crippen molar-refractivity contribution in [2.45, 2.75) is 0 Å². The highest BCUT2D eigenvalue weighted by Crippen LogP contribution is 2.19. The molecule has 5 nitrogen and oxygen atoms in total. The highest BCUT2D eigenvalue weighted by atomic mass is 32.1. The van der Waals surface area contributed by atoms with Crippen LogP contribution >= 0.6 is 11.3 Å². The molecule has 13 heavy (non-hydrogen) atoms. The Balaban J connectivity index is 2.95. The smallest absolute Gasteiger partial charge is 0.346 e.